The number of pyridine rings is 2. The Kier molecular flexibility index (Phi) is 6.88. The molecule has 204 valence electrons. The third kappa shape index (κ3) is 5.23. The first-order chi connectivity index (χ1) is 20.7. The van der Waals surface area contributed by atoms with Crippen LogP contribution in [-0.2, 0) is 6.54 Å². The molecule has 4 aromatic heterocycles. The zero-order valence-corrected chi connectivity index (χ0v) is 22.9. The van der Waals surface area contributed by atoms with Crippen molar-refractivity contribution in [3.8, 4) is 33.9 Å². The first kappa shape index (κ1) is 25.6. The molecule has 0 saturated carbocycles. The van der Waals surface area contributed by atoms with Crippen molar-refractivity contribution >= 4 is 17.0 Å². The molecule has 2 aromatic carbocycles. The van der Waals surface area contributed by atoms with Crippen molar-refractivity contribution in [2.75, 3.05) is 13.1 Å². The van der Waals surface area contributed by atoms with Crippen molar-refractivity contribution in [2.24, 2.45) is 0 Å². The van der Waals surface area contributed by atoms with Crippen LogP contribution in [0.25, 0.3) is 49.8 Å². The van der Waals surface area contributed by atoms with Crippen LogP contribution in [0.4, 0.5) is 5.95 Å². The van der Waals surface area contributed by atoms with Crippen LogP contribution in [0.3, 0.4) is 0 Å². The van der Waals surface area contributed by atoms with Crippen LogP contribution in [0.1, 0.15) is 30.1 Å². The monoisotopic (exact) mass is 549 g/mol. The van der Waals surface area contributed by atoms with Crippen LogP contribution in [-0.4, -0.2) is 53.1 Å². The van der Waals surface area contributed by atoms with Gasteiger partial charge >= 0.3 is 5.95 Å². The number of aromatic amines is 1. The third-order valence-corrected chi connectivity index (χ3v) is 7.75. The lowest BCUT2D eigenvalue weighted by molar-refractivity contribution is 0.202. The van der Waals surface area contributed by atoms with Gasteiger partial charge in [0.15, 0.2) is 5.82 Å². The summed E-state index contributed by atoms with van der Waals surface area (Å²) in [6.45, 7) is 10.2. The normalized spacial score (nSPS) is 14.2. The zero-order valence-electron chi connectivity index (χ0n) is 22.9. The summed E-state index contributed by atoms with van der Waals surface area (Å²) < 4.78 is 0. The molecule has 1 N–H and O–H groups in total. The van der Waals surface area contributed by atoms with Gasteiger partial charge in [-0.3, -0.25) is 15.0 Å². The van der Waals surface area contributed by atoms with Crippen molar-refractivity contribution in [3.63, 3.8) is 0 Å². The molecule has 0 aliphatic carbocycles. The lowest BCUT2D eigenvalue weighted by Gasteiger charge is -2.31. The summed E-state index contributed by atoms with van der Waals surface area (Å²) in [5.41, 5.74) is 6.50. The van der Waals surface area contributed by atoms with Crippen LogP contribution >= 0.6 is 0 Å². The van der Waals surface area contributed by atoms with Gasteiger partial charge < -0.3 is 4.85 Å². The molecule has 9 heteroatoms. The first-order valence-electron chi connectivity index (χ1n) is 14.0. The molecule has 9 nitrogen and oxygen atoms in total. The van der Waals surface area contributed by atoms with Gasteiger partial charge in [-0.05, 0) is 55.3 Å². The van der Waals surface area contributed by atoms with Gasteiger partial charge in [-0.2, -0.15) is 10.1 Å². The smallest absolute Gasteiger partial charge is 0.373 e. The van der Waals surface area contributed by atoms with Crippen LogP contribution < -0.4 is 0 Å². The second kappa shape index (κ2) is 11.3. The highest BCUT2D eigenvalue weighted by Gasteiger charge is 2.24. The fourth-order valence-corrected chi connectivity index (χ4v) is 5.52. The number of piperidine rings is 1. The van der Waals surface area contributed by atoms with E-state index < -0.39 is 0 Å². The number of H-pyrrole nitrogens is 1. The second-order valence-electron chi connectivity index (χ2n) is 10.5. The maximum atomic E-state index is 7.29. The van der Waals surface area contributed by atoms with E-state index in [1.165, 1.54) is 5.56 Å². The number of likely N-dealkylation sites (tertiary alicyclic amines) is 1. The fraction of sp³-hybridized carbons (Fsp3) is 0.182. The van der Waals surface area contributed by atoms with Crippen molar-refractivity contribution in [2.45, 2.75) is 25.3 Å². The summed E-state index contributed by atoms with van der Waals surface area (Å²) in [6.07, 6.45) is 5.50. The largest absolute Gasteiger partial charge is 0.394 e. The van der Waals surface area contributed by atoms with E-state index in [0.29, 0.717) is 17.4 Å². The lowest BCUT2D eigenvalue weighted by Crippen LogP contribution is -2.32. The Morgan fingerprint density at radius 3 is 2.43 bits per heavy atom. The summed E-state index contributed by atoms with van der Waals surface area (Å²) in [5, 5.41) is 8.35. The predicted molar refractivity (Wildman–Crippen MR) is 161 cm³/mol. The number of nitrogens with zero attached hydrogens (tertiary/aromatic N) is 8. The molecule has 0 amide bonds. The average Bonchev–Trinajstić information content (AvgIpc) is 3.56. The minimum absolute atomic E-state index is 0.101. The molecule has 1 aliphatic heterocycles. The summed E-state index contributed by atoms with van der Waals surface area (Å²) in [5.74, 6) is 2.08. The summed E-state index contributed by atoms with van der Waals surface area (Å²) in [6, 6.07) is 26.7. The molecule has 5 heterocycles. The van der Waals surface area contributed by atoms with E-state index in [1.807, 2.05) is 36.4 Å². The number of hydrogen-bond donors (Lipinski definition) is 1. The average molecular weight is 550 g/mol. The van der Waals surface area contributed by atoms with Gasteiger partial charge in [0.25, 0.3) is 0 Å². The summed E-state index contributed by atoms with van der Waals surface area (Å²) in [7, 11) is 0. The number of benzene rings is 2. The molecule has 0 radical (unpaired) electrons. The molecule has 1 saturated heterocycles. The zero-order chi connectivity index (χ0) is 28.3. The Morgan fingerprint density at radius 2 is 1.67 bits per heavy atom. The third-order valence-electron chi connectivity index (χ3n) is 7.75. The van der Waals surface area contributed by atoms with Gasteiger partial charge in [-0.1, -0.05) is 60.7 Å². The quantitative estimate of drug-likeness (QED) is 0.238. The molecule has 0 atom stereocenters. The molecular formula is C33H27N9. The van der Waals surface area contributed by atoms with Gasteiger partial charge in [-0.15, -0.1) is 11.6 Å². The van der Waals surface area contributed by atoms with Gasteiger partial charge in [0.05, 0.1) is 17.3 Å². The van der Waals surface area contributed by atoms with E-state index in [4.69, 9.17) is 16.5 Å². The van der Waals surface area contributed by atoms with Crippen LogP contribution in [0, 0.1) is 6.57 Å². The molecule has 1 fully saturated rings. The highest BCUT2D eigenvalue weighted by Crippen LogP contribution is 2.34. The fourth-order valence-electron chi connectivity index (χ4n) is 5.52. The molecule has 0 bridgehead atoms. The number of nitrogens with one attached hydrogen (secondary N) is 1. The van der Waals surface area contributed by atoms with Gasteiger partial charge in [0.1, 0.15) is 11.5 Å². The standard InChI is InChI=1S/C33H27N9/c1-34-33-36-20-26-19-27(23-7-3-2-4-8-23)29(37-30(26)39-33)24-12-10-22(11-13-24)21-42-17-14-25(15-18-42)31-38-32(41-40-31)28-9-5-6-16-35-28/h2-13,16,19-20,25H,14-15,17-18,21H2,(H,38,40,41). The molecule has 42 heavy (non-hydrogen) atoms. The summed E-state index contributed by atoms with van der Waals surface area (Å²) in [4.78, 5) is 28.4. The van der Waals surface area contributed by atoms with E-state index in [1.54, 1.807) is 12.4 Å². The Hall–Kier alpha value is -5.33. The van der Waals surface area contributed by atoms with Crippen molar-refractivity contribution in [1.82, 2.24) is 40.0 Å². The second-order valence-corrected chi connectivity index (χ2v) is 10.5. The minimum atomic E-state index is 0.101. The maximum Gasteiger partial charge on any atom is 0.373 e. The first-order valence-corrected chi connectivity index (χ1v) is 14.0. The topological polar surface area (TPSA) is 101 Å². The van der Waals surface area contributed by atoms with Crippen molar-refractivity contribution < 1.29 is 0 Å². The molecule has 7 rings (SSSR count). The predicted octanol–water partition coefficient (Wildman–Crippen LogP) is 6.47. The number of fused-ring (bicyclic) bond motifs is 1. The van der Waals surface area contributed by atoms with Gasteiger partial charge in [0.2, 0.25) is 5.65 Å². The van der Waals surface area contributed by atoms with Crippen LogP contribution in [0.15, 0.2) is 91.3 Å². The van der Waals surface area contributed by atoms with Crippen molar-refractivity contribution in [3.05, 3.63) is 114 Å². The number of hydrogen-bond acceptors (Lipinski definition) is 7. The SMILES string of the molecule is [C-]#[N+]c1ncc2cc(-c3ccccc3)c(-c3ccc(CN4CCC(c5nc(-c6ccccn6)n[nH]5)CC4)cc3)nc2n1. The molecule has 0 unspecified atom stereocenters. The van der Waals surface area contributed by atoms with E-state index in [-0.39, 0.29) is 5.95 Å². The van der Waals surface area contributed by atoms with Crippen molar-refractivity contribution in [1.29, 1.82) is 0 Å². The molecular weight excluding hydrogens is 522 g/mol. The minimum Gasteiger partial charge on any atom is -0.394 e. The summed E-state index contributed by atoms with van der Waals surface area (Å²) >= 11 is 0. The Balaban J connectivity index is 1.07. The van der Waals surface area contributed by atoms with E-state index in [2.05, 4.69) is 77.4 Å². The highest BCUT2D eigenvalue weighted by atomic mass is 15.2. The van der Waals surface area contributed by atoms with Crippen LogP contribution in [0.2, 0.25) is 0 Å². The van der Waals surface area contributed by atoms with Gasteiger partial charge in [0, 0.05) is 29.8 Å². The lowest BCUT2D eigenvalue weighted by atomic mass is 9.95. The maximum absolute atomic E-state index is 7.29. The molecule has 1 aliphatic rings. The Bertz CT molecular complexity index is 1870. The van der Waals surface area contributed by atoms with Gasteiger partial charge in [-0.25, -0.2) is 9.97 Å². The molecule has 0 spiro atoms. The Morgan fingerprint density at radius 1 is 0.857 bits per heavy atom. The molecule has 6 aromatic rings. The Labute approximate surface area is 243 Å². The highest BCUT2D eigenvalue weighted by molar-refractivity contribution is 5.90. The number of aromatic nitrogens is 7. The number of rotatable bonds is 6. The van der Waals surface area contributed by atoms with E-state index >= 15 is 0 Å². The van der Waals surface area contributed by atoms with E-state index in [9.17, 15) is 0 Å². The van der Waals surface area contributed by atoms with Crippen LogP contribution in [0.5, 0.6) is 0 Å². The van der Waals surface area contributed by atoms with E-state index in [0.717, 1.165) is 71.8 Å².